The van der Waals surface area contributed by atoms with Gasteiger partial charge in [0, 0.05) is 18.7 Å². The van der Waals surface area contributed by atoms with Crippen molar-refractivity contribution < 1.29 is 9.47 Å². The highest BCUT2D eigenvalue weighted by atomic mass is 35.5. The van der Waals surface area contributed by atoms with E-state index in [0.717, 1.165) is 25.2 Å². The zero-order chi connectivity index (χ0) is 18.7. The minimum Gasteiger partial charge on any atom is -0.495 e. The van der Waals surface area contributed by atoms with E-state index in [0.29, 0.717) is 39.8 Å². The summed E-state index contributed by atoms with van der Waals surface area (Å²) in [6.07, 6.45) is 5.02. The van der Waals surface area contributed by atoms with E-state index >= 15 is 0 Å². The molecule has 3 rings (SSSR count). The maximum Gasteiger partial charge on any atom is 0.159 e. The highest BCUT2D eigenvalue weighted by Crippen LogP contribution is 2.39. The number of nitrogens with two attached hydrogens (primary N) is 1. The van der Waals surface area contributed by atoms with Gasteiger partial charge in [0.2, 0.25) is 0 Å². The van der Waals surface area contributed by atoms with Crippen LogP contribution >= 0.6 is 11.6 Å². The fourth-order valence-electron chi connectivity index (χ4n) is 3.21. The second-order valence-electron chi connectivity index (χ2n) is 6.31. The first-order chi connectivity index (χ1) is 12.5. The number of nitrogens with one attached hydrogen (secondary N) is 1. The Hall–Kier alpha value is -2.41. The average molecular weight is 378 g/mol. The van der Waals surface area contributed by atoms with Crippen LogP contribution in [0.25, 0.3) is 0 Å². The predicted octanol–water partition coefficient (Wildman–Crippen LogP) is 3.85. The number of methoxy groups -OCH3 is 2. The van der Waals surface area contributed by atoms with E-state index < -0.39 is 0 Å². The van der Waals surface area contributed by atoms with Crippen molar-refractivity contribution in [2.24, 2.45) is 0 Å². The number of rotatable bonds is 5. The number of anilines is 4. The molecule has 0 amide bonds. The molecule has 1 fully saturated rings. The molecule has 7 nitrogen and oxygen atoms in total. The molecule has 140 valence electrons. The molecule has 0 aliphatic carbocycles. The van der Waals surface area contributed by atoms with E-state index in [-0.39, 0.29) is 0 Å². The highest BCUT2D eigenvalue weighted by molar-refractivity contribution is 6.32. The quantitative estimate of drug-likeness (QED) is 0.818. The van der Waals surface area contributed by atoms with Gasteiger partial charge in [-0.15, -0.1) is 0 Å². The van der Waals surface area contributed by atoms with Gasteiger partial charge in [-0.1, -0.05) is 11.6 Å². The van der Waals surface area contributed by atoms with E-state index in [1.165, 1.54) is 12.7 Å². The molecule has 0 saturated carbocycles. The SMILES string of the molecule is COc1cc(OC)c(Nc2ncnc(N3CCCCC3C)c2N)cc1Cl. The summed E-state index contributed by atoms with van der Waals surface area (Å²) in [6.45, 7) is 3.14. The van der Waals surface area contributed by atoms with E-state index in [2.05, 4.69) is 27.1 Å². The lowest BCUT2D eigenvalue weighted by Gasteiger charge is -2.35. The summed E-state index contributed by atoms with van der Waals surface area (Å²) >= 11 is 6.24. The van der Waals surface area contributed by atoms with E-state index in [1.807, 2.05) is 0 Å². The van der Waals surface area contributed by atoms with Crippen LogP contribution in [-0.2, 0) is 0 Å². The van der Waals surface area contributed by atoms with Crippen LogP contribution < -0.4 is 25.4 Å². The second kappa shape index (κ2) is 7.86. The van der Waals surface area contributed by atoms with Crippen molar-refractivity contribution >= 4 is 34.6 Å². The third-order valence-corrected chi connectivity index (χ3v) is 4.96. The van der Waals surface area contributed by atoms with E-state index in [9.17, 15) is 0 Å². The lowest BCUT2D eigenvalue weighted by molar-refractivity contribution is 0.396. The summed E-state index contributed by atoms with van der Waals surface area (Å²) in [5, 5.41) is 3.68. The summed E-state index contributed by atoms with van der Waals surface area (Å²) in [5.41, 5.74) is 7.55. The maximum atomic E-state index is 6.38. The molecule has 1 aromatic carbocycles. The molecule has 1 unspecified atom stereocenters. The minimum absolute atomic E-state index is 0.402. The summed E-state index contributed by atoms with van der Waals surface area (Å²) < 4.78 is 10.7. The van der Waals surface area contributed by atoms with E-state index in [1.54, 1.807) is 26.4 Å². The van der Waals surface area contributed by atoms with Crippen LogP contribution in [0.15, 0.2) is 18.5 Å². The zero-order valence-electron chi connectivity index (χ0n) is 15.3. The predicted molar refractivity (Wildman–Crippen MR) is 105 cm³/mol. The molecule has 1 atom stereocenters. The summed E-state index contributed by atoms with van der Waals surface area (Å²) in [4.78, 5) is 11.0. The topological polar surface area (TPSA) is 85.5 Å². The van der Waals surface area contributed by atoms with Crippen molar-refractivity contribution in [3.8, 4) is 11.5 Å². The molecule has 1 aliphatic heterocycles. The average Bonchev–Trinajstić information content (AvgIpc) is 2.64. The molecular formula is C18H24ClN5O2. The van der Waals surface area contributed by atoms with Gasteiger partial charge >= 0.3 is 0 Å². The molecule has 0 bridgehead atoms. The molecule has 1 aromatic heterocycles. The van der Waals surface area contributed by atoms with Crippen molar-refractivity contribution in [2.45, 2.75) is 32.2 Å². The van der Waals surface area contributed by atoms with Crippen molar-refractivity contribution in [1.29, 1.82) is 0 Å². The molecule has 3 N–H and O–H groups in total. The monoisotopic (exact) mass is 377 g/mol. The van der Waals surface area contributed by atoms with Gasteiger partial charge in [0.1, 0.15) is 23.5 Å². The van der Waals surface area contributed by atoms with Crippen LogP contribution in [0.3, 0.4) is 0 Å². The van der Waals surface area contributed by atoms with Crippen molar-refractivity contribution in [3.63, 3.8) is 0 Å². The number of hydrogen-bond donors (Lipinski definition) is 2. The van der Waals surface area contributed by atoms with Gasteiger partial charge in [-0.05, 0) is 32.3 Å². The summed E-state index contributed by atoms with van der Waals surface area (Å²) in [5.74, 6) is 2.39. The van der Waals surface area contributed by atoms with Crippen LogP contribution in [0.5, 0.6) is 11.5 Å². The second-order valence-corrected chi connectivity index (χ2v) is 6.72. The van der Waals surface area contributed by atoms with Crippen LogP contribution in [-0.4, -0.2) is 36.8 Å². The standard InChI is InChI=1S/C18H24ClN5O2/c1-11-6-4-5-7-24(11)18-16(20)17(21-10-22-18)23-13-8-12(19)14(25-2)9-15(13)26-3/h8-11H,4-7,20H2,1-3H3,(H,21,22,23). The molecule has 26 heavy (non-hydrogen) atoms. The first-order valence-corrected chi connectivity index (χ1v) is 8.98. The van der Waals surface area contributed by atoms with Gasteiger partial charge in [0.05, 0.1) is 24.9 Å². The number of nitrogens with zero attached hydrogens (tertiary/aromatic N) is 3. The van der Waals surface area contributed by atoms with Crippen LogP contribution in [0.1, 0.15) is 26.2 Å². The normalized spacial score (nSPS) is 17.1. The van der Waals surface area contributed by atoms with Crippen molar-refractivity contribution in [1.82, 2.24) is 9.97 Å². The number of nitrogen functional groups attached to an aromatic ring is 1. The molecule has 0 radical (unpaired) electrons. The van der Waals surface area contributed by atoms with E-state index in [4.69, 9.17) is 26.8 Å². The number of benzene rings is 1. The number of halogens is 1. The van der Waals surface area contributed by atoms with Gasteiger partial charge in [-0.3, -0.25) is 0 Å². The third-order valence-electron chi connectivity index (χ3n) is 4.66. The molecular weight excluding hydrogens is 354 g/mol. The van der Waals surface area contributed by atoms with Gasteiger partial charge in [-0.25, -0.2) is 9.97 Å². The third kappa shape index (κ3) is 3.58. The molecule has 0 spiro atoms. The van der Waals surface area contributed by atoms with Gasteiger partial charge in [0.15, 0.2) is 11.6 Å². The number of piperidine rings is 1. The zero-order valence-corrected chi connectivity index (χ0v) is 16.0. The first kappa shape index (κ1) is 18.4. The fourth-order valence-corrected chi connectivity index (χ4v) is 3.45. The lowest BCUT2D eigenvalue weighted by atomic mass is 10.0. The summed E-state index contributed by atoms with van der Waals surface area (Å²) in [6, 6.07) is 3.85. The Kier molecular flexibility index (Phi) is 5.56. The van der Waals surface area contributed by atoms with Crippen LogP contribution in [0.2, 0.25) is 5.02 Å². The van der Waals surface area contributed by atoms with Crippen LogP contribution in [0, 0.1) is 0 Å². The Morgan fingerprint density at radius 2 is 1.96 bits per heavy atom. The van der Waals surface area contributed by atoms with Gasteiger partial charge in [-0.2, -0.15) is 0 Å². The summed E-state index contributed by atoms with van der Waals surface area (Å²) in [7, 11) is 3.14. The minimum atomic E-state index is 0.402. The Morgan fingerprint density at radius 3 is 2.65 bits per heavy atom. The van der Waals surface area contributed by atoms with Crippen molar-refractivity contribution in [3.05, 3.63) is 23.5 Å². The van der Waals surface area contributed by atoms with Crippen molar-refractivity contribution in [2.75, 3.05) is 36.7 Å². The number of aromatic nitrogens is 2. The van der Waals surface area contributed by atoms with Crippen LogP contribution in [0.4, 0.5) is 23.0 Å². The Labute approximate surface area is 158 Å². The number of ether oxygens (including phenoxy) is 2. The molecule has 1 aliphatic rings. The lowest BCUT2D eigenvalue weighted by Crippen LogP contribution is -2.38. The Balaban J connectivity index is 1.94. The highest BCUT2D eigenvalue weighted by Gasteiger charge is 2.23. The Bertz CT molecular complexity index is 786. The molecule has 2 aromatic rings. The molecule has 2 heterocycles. The van der Waals surface area contributed by atoms with Gasteiger partial charge < -0.3 is 25.4 Å². The smallest absolute Gasteiger partial charge is 0.159 e. The van der Waals surface area contributed by atoms with Gasteiger partial charge in [0.25, 0.3) is 0 Å². The first-order valence-electron chi connectivity index (χ1n) is 8.60. The number of hydrogen-bond acceptors (Lipinski definition) is 7. The molecule has 1 saturated heterocycles. The largest absolute Gasteiger partial charge is 0.495 e. The Morgan fingerprint density at radius 1 is 1.19 bits per heavy atom. The molecule has 8 heteroatoms. The maximum absolute atomic E-state index is 6.38. The fraction of sp³-hybridized carbons (Fsp3) is 0.444.